The molecule has 0 bridgehead atoms. The van der Waals surface area contributed by atoms with Crippen LogP contribution in [0, 0.1) is 0 Å². The molecule has 1 aromatic carbocycles. The molecule has 0 heterocycles. The highest BCUT2D eigenvalue weighted by molar-refractivity contribution is 7.97. The number of alkyl halides is 1. The normalized spacial score (nSPS) is 9.73. The summed E-state index contributed by atoms with van der Waals surface area (Å²) < 4.78 is 7.43. The Morgan fingerprint density at radius 3 is 2.67 bits per heavy atom. The van der Waals surface area contributed by atoms with Crippen molar-refractivity contribution in [1.29, 1.82) is 0 Å². The maximum absolute atomic E-state index is 11.1. The van der Waals surface area contributed by atoms with Crippen LogP contribution in [0.5, 0.6) is 5.75 Å². The Morgan fingerprint density at radius 2 is 2.07 bits per heavy atom. The van der Waals surface area contributed by atoms with Crippen LogP contribution in [0.3, 0.4) is 0 Å². The molecule has 82 valence electrons. The summed E-state index contributed by atoms with van der Waals surface area (Å²) in [6.07, 6.45) is -0.521. The number of rotatable bonds is 4. The van der Waals surface area contributed by atoms with Gasteiger partial charge in [-0.1, -0.05) is 11.6 Å². The number of amides is 1. The summed E-state index contributed by atoms with van der Waals surface area (Å²) in [6, 6.07) is 6.54. The molecule has 0 aliphatic heterocycles. The quantitative estimate of drug-likeness (QED) is 0.516. The third-order valence-corrected chi connectivity index (χ3v) is 2.74. The highest BCUT2D eigenvalue weighted by Crippen LogP contribution is 2.15. The lowest BCUT2D eigenvalue weighted by Crippen LogP contribution is -2.20. The van der Waals surface area contributed by atoms with E-state index in [2.05, 4.69) is 4.72 Å². The van der Waals surface area contributed by atoms with Gasteiger partial charge in [-0.25, -0.2) is 4.79 Å². The Morgan fingerprint density at radius 1 is 1.40 bits per heavy atom. The summed E-state index contributed by atoms with van der Waals surface area (Å²) in [6.45, 7) is 0. The van der Waals surface area contributed by atoms with Gasteiger partial charge in [0.05, 0.1) is 0 Å². The molecule has 1 N–H and O–H groups in total. The fourth-order valence-corrected chi connectivity index (χ4v) is 1.48. The molecule has 0 spiro atoms. The van der Waals surface area contributed by atoms with E-state index in [4.69, 9.17) is 27.9 Å². The van der Waals surface area contributed by atoms with E-state index >= 15 is 0 Å². The van der Waals surface area contributed by atoms with Crippen LogP contribution in [0.2, 0.25) is 5.02 Å². The van der Waals surface area contributed by atoms with Crippen molar-refractivity contribution in [3.63, 3.8) is 0 Å². The molecule has 1 rings (SSSR count). The second kappa shape index (κ2) is 6.82. The maximum Gasteiger partial charge on any atom is 0.422 e. The van der Waals surface area contributed by atoms with Gasteiger partial charge in [0.1, 0.15) is 5.75 Å². The molecule has 3 nitrogen and oxygen atoms in total. The Bertz CT molecular complexity index is 318. The first-order valence-corrected chi connectivity index (χ1v) is 6.03. The molecule has 0 aliphatic rings. The second-order valence-electron chi connectivity index (χ2n) is 2.48. The molecule has 0 atom stereocenters. The number of hydrogen-bond donors (Lipinski definition) is 1. The van der Waals surface area contributed by atoms with Crippen molar-refractivity contribution in [1.82, 2.24) is 4.72 Å². The number of carbonyl (C=O) groups is 1. The van der Waals surface area contributed by atoms with Crippen LogP contribution < -0.4 is 9.46 Å². The molecule has 1 aromatic rings. The van der Waals surface area contributed by atoms with Crippen molar-refractivity contribution in [2.24, 2.45) is 0 Å². The van der Waals surface area contributed by atoms with Crippen molar-refractivity contribution in [3.8, 4) is 5.75 Å². The van der Waals surface area contributed by atoms with E-state index in [-0.39, 0.29) is 0 Å². The number of hydrogen-bond acceptors (Lipinski definition) is 3. The van der Waals surface area contributed by atoms with E-state index in [1.165, 1.54) is 11.9 Å². The Balaban J connectivity index is 2.34. The summed E-state index contributed by atoms with van der Waals surface area (Å²) in [7, 11) is 0. The van der Waals surface area contributed by atoms with Crippen LogP contribution in [-0.2, 0) is 0 Å². The number of halogens is 2. The summed E-state index contributed by atoms with van der Waals surface area (Å²) in [5.41, 5.74) is 0. The fraction of sp³-hybridized carbons (Fsp3) is 0.222. The standard InChI is InChI=1S/C9H9Cl2NO2S/c10-5-6-15-12-9(13)14-8-3-1-7(11)2-4-8/h1-4H,5-6H2,(H,12,13). The average Bonchev–Trinajstić information content (AvgIpc) is 2.22. The first-order chi connectivity index (χ1) is 7.22. The lowest BCUT2D eigenvalue weighted by Gasteiger charge is -2.04. The molecule has 15 heavy (non-hydrogen) atoms. The molecular weight excluding hydrogens is 257 g/mol. The number of ether oxygens (including phenoxy) is 1. The average molecular weight is 266 g/mol. The van der Waals surface area contributed by atoms with Crippen molar-refractivity contribution in [3.05, 3.63) is 29.3 Å². The van der Waals surface area contributed by atoms with Crippen LogP contribution in [0.4, 0.5) is 4.79 Å². The molecule has 6 heteroatoms. The molecule has 0 radical (unpaired) electrons. The van der Waals surface area contributed by atoms with Crippen molar-refractivity contribution >= 4 is 41.2 Å². The molecule has 0 aliphatic carbocycles. The highest BCUT2D eigenvalue weighted by atomic mass is 35.5. The van der Waals surface area contributed by atoms with E-state index < -0.39 is 6.09 Å². The summed E-state index contributed by atoms with van der Waals surface area (Å²) >= 11 is 12.3. The minimum Gasteiger partial charge on any atom is -0.410 e. The fourth-order valence-electron chi connectivity index (χ4n) is 0.779. The van der Waals surface area contributed by atoms with Gasteiger partial charge < -0.3 is 4.74 Å². The third kappa shape index (κ3) is 5.16. The molecule has 0 saturated carbocycles. The summed E-state index contributed by atoms with van der Waals surface area (Å²) in [5, 5.41) is 0.597. The van der Waals surface area contributed by atoms with Crippen LogP contribution in [-0.4, -0.2) is 17.7 Å². The van der Waals surface area contributed by atoms with E-state index in [1.54, 1.807) is 24.3 Å². The first-order valence-electron chi connectivity index (χ1n) is 4.13. The Labute approximate surface area is 102 Å². The zero-order chi connectivity index (χ0) is 11.1. The minimum atomic E-state index is -0.521. The van der Waals surface area contributed by atoms with Gasteiger partial charge in [-0.05, 0) is 36.2 Å². The molecular formula is C9H9Cl2NO2S. The van der Waals surface area contributed by atoms with Gasteiger partial charge in [0.15, 0.2) is 0 Å². The maximum atomic E-state index is 11.1. The van der Waals surface area contributed by atoms with Gasteiger partial charge >= 0.3 is 6.09 Å². The highest BCUT2D eigenvalue weighted by Gasteiger charge is 2.03. The van der Waals surface area contributed by atoms with E-state index in [1.807, 2.05) is 0 Å². The van der Waals surface area contributed by atoms with E-state index in [0.717, 1.165) is 0 Å². The van der Waals surface area contributed by atoms with Crippen LogP contribution in [0.1, 0.15) is 0 Å². The molecule has 1 amide bonds. The molecule has 0 fully saturated rings. The van der Waals surface area contributed by atoms with E-state index in [9.17, 15) is 4.79 Å². The predicted octanol–water partition coefficient (Wildman–Crippen LogP) is 3.32. The first kappa shape index (κ1) is 12.5. The minimum absolute atomic E-state index is 0.448. The molecule has 0 aromatic heterocycles. The number of carbonyl (C=O) groups excluding carboxylic acids is 1. The van der Waals surface area contributed by atoms with Crippen molar-refractivity contribution in [2.75, 3.05) is 11.6 Å². The van der Waals surface area contributed by atoms with Gasteiger partial charge in [0, 0.05) is 16.7 Å². The summed E-state index contributed by atoms with van der Waals surface area (Å²) in [4.78, 5) is 11.1. The second-order valence-corrected chi connectivity index (χ2v) is 4.20. The lowest BCUT2D eigenvalue weighted by atomic mass is 10.3. The smallest absolute Gasteiger partial charge is 0.410 e. The SMILES string of the molecule is O=C(NSCCCl)Oc1ccc(Cl)cc1. The Kier molecular flexibility index (Phi) is 5.68. The number of nitrogens with one attached hydrogen (secondary N) is 1. The lowest BCUT2D eigenvalue weighted by molar-refractivity contribution is 0.207. The third-order valence-electron chi connectivity index (χ3n) is 1.36. The van der Waals surface area contributed by atoms with Crippen molar-refractivity contribution in [2.45, 2.75) is 0 Å². The van der Waals surface area contributed by atoms with E-state index in [0.29, 0.717) is 22.4 Å². The van der Waals surface area contributed by atoms with Crippen LogP contribution >= 0.6 is 35.1 Å². The van der Waals surface area contributed by atoms with Gasteiger partial charge in [-0.2, -0.15) is 0 Å². The Hall–Kier alpha value is -0.580. The summed E-state index contributed by atoms with van der Waals surface area (Å²) in [5.74, 6) is 1.56. The predicted molar refractivity (Wildman–Crippen MR) is 63.8 cm³/mol. The zero-order valence-electron chi connectivity index (χ0n) is 7.70. The molecule has 0 saturated heterocycles. The van der Waals surface area contributed by atoms with Crippen molar-refractivity contribution < 1.29 is 9.53 Å². The largest absolute Gasteiger partial charge is 0.422 e. The van der Waals surface area contributed by atoms with Gasteiger partial charge in [0.2, 0.25) is 0 Å². The van der Waals surface area contributed by atoms with Gasteiger partial charge in [-0.15, -0.1) is 11.6 Å². The van der Waals surface area contributed by atoms with Gasteiger partial charge in [-0.3, -0.25) is 4.72 Å². The molecule has 0 unspecified atom stereocenters. The topological polar surface area (TPSA) is 38.3 Å². The monoisotopic (exact) mass is 265 g/mol. The number of benzene rings is 1. The zero-order valence-corrected chi connectivity index (χ0v) is 10.0. The van der Waals surface area contributed by atoms with Crippen LogP contribution in [0.15, 0.2) is 24.3 Å². The van der Waals surface area contributed by atoms with Gasteiger partial charge in [0.25, 0.3) is 0 Å². The van der Waals surface area contributed by atoms with Crippen LogP contribution in [0.25, 0.3) is 0 Å².